The van der Waals surface area contributed by atoms with E-state index in [0.717, 1.165) is 0 Å². The summed E-state index contributed by atoms with van der Waals surface area (Å²) in [6, 6.07) is 0. The smallest absolute Gasteiger partial charge is 0.247 e. The van der Waals surface area contributed by atoms with Crippen LogP contribution in [0, 0.1) is 0 Å². The summed E-state index contributed by atoms with van der Waals surface area (Å²) in [5.74, 6) is -0.454. The lowest BCUT2D eigenvalue weighted by Crippen LogP contribution is -2.67. The maximum absolute atomic E-state index is 12.4. The van der Waals surface area contributed by atoms with Gasteiger partial charge in [0, 0.05) is 23.9 Å². The third-order valence-electron chi connectivity index (χ3n) is 3.96. The van der Waals surface area contributed by atoms with Crippen molar-refractivity contribution in [2.75, 3.05) is 13.2 Å². The van der Waals surface area contributed by atoms with E-state index >= 15 is 0 Å². The van der Waals surface area contributed by atoms with Crippen LogP contribution in [0.5, 0.6) is 0 Å². The predicted octanol–water partition coefficient (Wildman–Crippen LogP) is 2.49. The summed E-state index contributed by atoms with van der Waals surface area (Å²) >= 11 is 0. The van der Waals surface area contributed by atoms with Crippen LogP contribution < -0.4 is 0 Å². The van der Waals surface area contributed by atoms with Crippen LogP contribution >= 0.6 is 0 Å². The molecule has 0 atom stereocenters. The maximum atomic E-state index is 12.4. The summed E-state index contributed by atoms with van der Waals surface area (Å²) < 4.78 is 11.7. The first kappa shape index (κ1) is 14.5. The minimum Gasteiger partial charge on any atom is -0.347 e. The van der Waals surface area contributed by atoms with Gasteiger partial charge in [-0.05, 0) is 40.7 Å². The fourth-order valence-corrected chi connectivity index (χ4v) is 3.87. The molecule has 0 bridgehead atoms. The molecule has 2 aliphatic rings. The third kappa shape index (κ3) is 2.56. The number of likely N-dealkylation sites (tertiary alicyclic amines) is 1. The van der Waals surface area contributed by atoms with E-state index in [1.807, 2.05) is 11.8 Å². The minimum absolute atomic E-state index is 0.0605. The standard InChI is InChI=1S/C15H25NO3/c1-6-7-12(17)16-13(2,3)10-15(11-14(16,4)5)18-8-9-19-15/h6-7H,8-11H2,1-5H3/b7-6+. The van der Waals surface area contributed by atoms with Crippen LogP contribution in [0.3, 0.4) is 0 Å². The van der Waals surface area contributed by atoms with Crippen molar-refractivity contribution in [2.24, 2.45) is 0 Å². The van der Waals surface area contributed by atoms with Gasteiger partial charge in [0.15, 0.2) is 5.79 Å². The lowest BCUT2D eigenvalue weighted by atomic mass is 9.76. The topological polar surface area (TPSA) is 38.8 Å². The van der Waals surface area contributed by atoms with Crippen LogP contribution in [0.2, 0.25) is 0 Å². The average Bonchev–Trinajstić information content (AvgIpc) is 2.61. The Morgan fingerprint density at radius 1 is 1.05 bits per heavy atom. The molecule has 0 aromatic heterocycles. The first-order valence-corrected chi connectivity index (χ1v) is 6.97. The summed E-state index contributed by atoms with van der Waals surface area (Å²) in [5, 5.41) is 0. The van der Waals surface area contributed by atoms with Gasteiger partial charge in [0.1, 0.15) is 0 Å². The van der Waals surface area contributed by atoms with Crippen LogP contribution in [0.4, 0.5) is 0 Å². The monoisotopic (exact) mass is 267 g/mol. The van der Waals surface area contributed by atoms with Crippen molar-refractivity contribution in [3.05, 3.63) is 12.2 Å². The Hall–Kier alpha value is -0.870. The van der Waals surface area contributed by atoms with Gasteiger partial charge in [-0.1, -0.05) is 6.08 Å². The van der Waals surface area contributed by atoms with Crippen LogP contribution in [-0.4, -0.2) is 40.9 Å². The number of ether oxygens (including phenoxy) is 2. The molecule has 0 aromatic rings. The van der Waals surface area contributed by atoms with Crippen LogP contribution in [0.25, 0.3) is 0 Å². The van der Waals surface area contributed by atoms with E-state index in [9.17, 15) is 4.79 Å². The van der Waals surface area contributed by atoms with Crippen molar-refractivity contribution >= 4 is 5.91 Å². The maximum Gasteiger partial charge on any atom is 0.247 e. The summed E-state index contributed by atoms with van der Waals surface area (Å²) in [6.07, 6.45) is 4.86. The van der Waals surface area contributed by atoms with Crippen LogP contribution in [-0.2, 0) is 14.3 Å². The second kappa shape index (κ2) is 4.60. The van der Waals surface area contributed by atoms with Crippen molar-refractivity contribution < 1.29 is 14.3 Å². The summed E-state index contributed by atoms with van der Waals surface area (Å²) in [5.41, 5.74) is -0.578. The zero-order valence-corrected chi connectivity index (χ0v) is 12.7. The molecule has 2 fully saturated rings. The molecule has 0 aliphatic carbocycles. The van der Waals surface area contributed by atoms with Gasteiger partial charge in [-0.25, -0.2) is 0 Å². The van der Waals surface area contributed by atoms with E-state index < -0.39 is 5.79 Å². The van der Waals surface area contributed by atoms with Gasteiger partial charge < -0.3 is 14.4 Å². The Morgan fingerprint density at radius 2 is 1.53 bits per heavy atom. The van der Waals surface area contributed by atoms with Crippen LogP contribution in [0.1, 0.15) is 47.5 Å². The highest BCUT2D eigenvalue weighted by molar-refractivity contribution is 5.88. The third-order valence-corrected chi connectivity index (χ3v) is 3.96. The fourth-order valence-electron chi connectivity index (χ4n) is 3.87. The molecule has 0 N–H and O–H groups in total. The molecule has 2 rings (SSSR count). The van der Waals surface area contributed by atoms with E-state index in [2.05, 4.69) is 27.7 Å². The van der Waals surface area contributed by atoms with Gasteiger partial charge in [-0.2, -0.15) is 0 Å². The molecule has 0 saturated carbocycles. The quantitative estimate of drug-likeness (QED) is 0.685. The molecule has 0 unspecified atom stereocenters. The molecule has 0 radical (unpaired) electrons. The highest BCUT2D eigenvalue weighted by Gasteiger charge is 2.56. The normalized spacial score (nSPS) is 28.2. The summed E-state index contributed by atoms with van der Waals surface area (Å²) in [7, 11) is 0. The molecule has 2 saturated heterocycles. The van der Waals surface area contributed by atoms with Crippen molar-refractivity contribution in [1.29, 1.82) is 0 Å². The molecule has 2 heterocycles. The number of amides is 1. The molecule has 2 aliphatic heterocycles. The number of nitrogens with zero attached hydrogens (tertiary/aromatic N) is 1. The Labute approximate surface area is 115 Å². The fraction of sp³-hybridized carbons (Fsp3) is 0.800. The Kier molecular flexibility index (Phi) is 3.52. The van der Waals surface area contributed by atoms with Crippen molar-refractivity contribution in [3.8, 4) is 0 Å². The molecule has 4 heteroatoms. The van der Waals surface area contributed by atoms with E-state index in [-0.39, 0.29) is 17.0 Å². The number of carbonyl (C=O) groups excluding carboxylic acids is 1. The largest absolute Gasteiger partial charge is 0.347 e. The lowest BCUT2D eigenvalue weighted by molar-refractivity contribution is -0.235. The van der Waals surface area contributed by atoms with Gasteiger partial charge in [0.25, 0.3) is 0 Å². The molecule has 1 spiro atoms. The zero-order valence-electron chi connectivity index (χ0n) is 12.7. The molecule has 19 heavy (non-hydrogen) atoms. The number of allylic oxidation sites excluding steroid dienone is 1. The molecule has 108 valence electrons. The Morgan fingerprint density at radius 3 is 1.95 bits per heavy atom. The molecular weight excluding hydrogens is 242 g/mol. The lowest BCUT2D eigenvalue weighted by Gasteiger charge is -2.57. The number of piperidine rings is 1. The molecular formula is C15H25NO3. The van der Waals surface area contributed by atoms with Gasteiger partial charge in [-0.15, -0.1) is 0 Å². The second-order valence-corrected chi connectivity index (χ2v) is 6.76. The van der Waals surface area contributed by atoms with E-state index in [1.54, 1.807) is 12.2 Å². The van der Waals surface area contributed by atoms with Gasteiger partial charge in [0.05, 0.1) is 13.2 Å². The van der Waals surface area contributed by atoms with E-state index in [4.69, 9.17) is 9.47 Å². The van der Waals surface area contributed by atoms with Gasteiger partial charge in [0.2, 0.25) is 5.91 Å². The first-order valence-electron chi connectivity index (χ1n) is 6.97. The zero-order chi connectivity index (χ0) is 14.3. The van der Waals surface area contributed by atoms with Crippen LogP contribution in [0.15, 0.2) is 12.2 Å². The van der Waals surface area contributed by atoms with Gasteiger partial charge >= 0.3 is 0 Å². The average molecular weight is 267 g/mol. The molecule has 1 amide bonds. The number of hydrogen-bond acceptors (Lipinski definition) is 3. The van der Waals surface area contributed by atoms with Crippen molar-refractivity contribution in [2.45, 2.75) is 64.3 Å². The minimum atomic E-state index is -0.514. The SMILES string of the molecule is C/C=C/C(=O)N1C(C)(C)CC2(CC1(C)C)OCCO2. The number of rotatable bonds is 1. The van der Waals surface area contributed by atoms with Crippen molar-refractivity contribution in [3.63, 3.8) is 0 Å². The highest BCUT2D eigenvalue weighted by atomic mass is 16.7. The molecule has 0 aromatic carbocycles. The Balaban J connectivity index is 2.33. The predicted molar refractivity (Wildman–Crippen MR) is 73.7 cm³/mol. The van der Waals surface area contributed by atoms with E-state index in [0.29, 0.717) is 26.1 Å². The number of carbonyl (C=O) groups is 1. The van der Waals surface area contributed by atoms with Gasteiger partial charge in [-0.3, -0.25) is 4.79 Å². The Bertz CT molecular complexity index is 372. The highest BCUT2D eigenvalue weighted by Crippen LogP contribution is 2.47. The molecule has 4 nitrogen and oxygen atoms in total. The second-order valence-electron chi connectivity index (χ2n) is 6.76. The summed E-state index contributed by atoms with van der Waals surface area (Å²) in [4.78, 5) is 14.4. The number of hydrogen-bond donors (Lipinski definition) is 0. The van der Waals surface area contributed by atoms with E-state index in [1.165, 1.54) is 0 Å². The van der Waals surface area contributed by atoms with Crippen molar-refractivity contribution in [1.82, 2.24) is 4.90 Å². The summed E-state index contributed by atoms with van der Waals surface area (Å²) in [6.45, 7) is 11.5. The first-order chi connectivity index (χ1) is 8.72.